The van der Waals surface area contributed by atoms with Gasteiger partial charge in [0.1, 0.15) is 17.2 Å². The van der Waals surface area contributed by atoms with Crippen LogP contribution in [-0.4, -0.2) is 45.9 Å². The Morgan fingerprint density at radius 1 is 1.24 bits per heavy atom. The lowest BCUT2D eigenvalue weighted by Gasteiger charge is -2.21. The van der Waals surface area contributed by atoms with Gasteiger partial charge < -0.3 is 9.47 Å². The number of amidine groups is 1. The molecule has 1 unspecified atom stereocenters. The number of nitro benzene ring substituents is 1. The van der Waals surface area contributed by atoms with Crippen LogP contribution in [0.2, 0.25) is 0 Å². The Balaban J connectivity index is 1.72. The number of thioether (sulfide) groups is 1. The summed E-state index contributed by atoms with van der Waals surface area (Å²) >= 11 is 1.50. The van der Waals surface area contributed by atoms with E-state index in [-0.39, 0.29) is 24.2 Å². The van der Waals surface area contributed by atoms with E-state index in [1.165, 1.54) is 36.0 Å². The predicted octanol–water partition coefficient (Wildman–Crippen LogP) is 4.02. The summed E-state index contributed by atoms with van der Waals surface area (Å²) in [5.74, 6) is 1.56. The molecule has 1 fully saturated rings. The van der Waals surface area contributed by atoms with E-state index in [9.17, 15) is 14.9 Å². The molecule has 9 heteroatoms. The molecule has 0 aliphatic carbocycles. The van der Waals surface area contributed by atoms with Crippen LogP contribution in [0.1, 0.15) is 13.8 Å². The van der Waals surface area contributed by atoms with Crippen LogP contribution >= 0.6 is 11.8 Å². The fraction of sp³-hybridized carbons (Fsp3) is 0.300. The van der Waals surface area contributed by atoms with Crippen molar-refractivity contribution in [3.8, 4) is 11.5 Å². The average molecular weight is 415 g/mol. The first-order chi connectivity index (χ1) is 14.0. The third-order valence-electron chi connectivity index (χ3n) is 4.16. The molecule has 2 aromatic rings. The van der Waals surface area contributed by atoms with Gasteiger partial charge in [-0.3, -0.25) is 19.8 Å². The summed E-state index contributed by atoms with van der Waals surface area (Å²) in [6.07, 6.45) is 0. The number of carbonyl (C=O) groups is 1. The third-order valence-corrected chi connectivity index (χ3v) is 5.36. The number of hydrogen-bond acceptors (Lipinski definition) is 7. The summed E-state index contributed by atoms with van der Waals surface area (Å²) in [6.45, 7) is 4.20. The molecule has 152 valence electrons. The van der Waals surface area contributed by atoms with Crippen molar-refractivity contribution in [1.29, 1.82) is 0 Å². The van der Waals surface area contributed by atoms with Crippen molar-refractivity contribution in [2.24, 2.45) is 4.99 Å². The van der Waals surface area contributed by atoms with Crippen LogP contribution in [0.3, 0.4) is 0 Å². The van der Waals surface area contributed by atoms with Crippen LogP contribution in [0.5, 0.6) is 11.5 Å². The van der Waals surface area contributed by atoms with Gasteiger partial charge in [-0.05, 0) is 38.1 Å². The largest absolute Gasteiger partial charge is 0.492 e. The lowest BCUT2D eigenvalue weighted by atomic mass is 10.3. The number of non-ortho nitro benzene ring substituents is 1. The van der Waals surface area contributed by atoms with Gasteiger partial charge in [-0.25, -0.2) is 4.99 Å². The monoisotopic (exact) mass is 415 g/mol. The van der Waals surface area contributed by atoms with Crippen molar-refractivity contribution in [3.05, 3.63) is 58.6 Å². The zero-order valence-corrected chi connectivity index (χ0v) is 16.9. The lowest BCUT2D eigenvalue weighted by molar-refractivity contribution is -0.384. The van der Waals surface area contributed by atoms with Crippen LogP contribution in [0.4, 0.5) is 11.4 Å². The van der Waals surface area contributed by atoms with Crippen LogP contribution < -0.4 is 9.47 Å². The molecule has 1 aliphatic heterocycles. The fourth-order valence-corrected chi connectivity index (χ4v) is 3.90. The van der Waals surface area contributed by atoms with E-state index in [1.54, 1.807) is 4.90 Å². The van der Waals surface area contributed by atoms with Gasteiger partial charge in [0.05, 0.1) is 11.5 Å². The van der Waals surface area contributed by atoms with Crippen LogP contribution in [0.15, 0.2) is 53.5 Å². The highest BCUT2D eigenvalue weighted by Crippen LogP contribution is 2.32. The number of ether oxygens (including phenoxy) is 2. The van der Waals surface area contributed by atoms with E-state index in [1.807, 2.05) is 38.1 Å². The summed E-state index contributed by atoms with van der Waals surface area (Å²) in [6, 6.07) is 13.0. The highest BCUT2D eigenvalue weighted by Gasteiger charge is 2.32. The first-order valence-corrected chi connectivity index (χ1v) is 10.1. The number of benzene rings is 2. The molecular weight excluding hydrogens is 394 g/mol. The summed E-state index contributed by atoms with van der Waals surface area (Å²) in [5, 5.41) is 11.3. The van der Waals surface area contributed by atoms with Crippen molar-refractivity contribution in [2.45, 2.75) is 19.9 Å². The maximum Gasteiger partial charge on any atom is 0.269 e. The molecule has 0 bridgehead atoms. The van der Waals surface area contributed by atoms with E-state index in [4.69, 9.17) is 9.47 Å². The minimum atomic E-state index is -0.485. The van der Waals surface area contributed by atoms with E-state index in [0.717, 1.165) is 5.75 Å². The van der Waals surface area contributed by atoms with Gasteiger partial charge in [0.15, 0.2) is 11.8 Å². The van der Waals surface area contributed by atoms with Gasteiger partial charge in [0.2, 0.25) is 0 Å². The molecule has 3 rings (SSSR count). The Labute approximate surface area is 172 Å². The van der Waals surface area contributed by atoms with Crippen molar-refractivity contribution >= 4 is 34.2 Å². The second-order valence-corrected chi connectivity index (χ2v) is 7.25. The predicted molar refractivity (Wildman–Crippen MR) is 112 cm³/mol. The van der Waals surface area contributed by atoms with Gasteiger partial charge in [-0.2, -0.15) is 0 Å². The molecular formula is C20H21N3O5S. The molecule has 29 heavy (non-hydrogen) atoms. The topological polar surface area (TPSA) is 94.3 Å². The van der Waals surface area contributed by atoms with Crippen LogP contribution in [0, 0.1) is 10.1 Å². The second kappa shape index (κ2) is 9.42. The molecule has 0 N–H and O–H groups in total. The number of hydrogen-bond donors (Lipinski definition) is 0. The van der Waals surface area contributed by atoms with Crippen molar-refractivity contribution < 1.29 is 19.2 Å². The fourth-order valence-electron chi connectivity index (χ4n) is 2.78. The maximum absolute atomic E-state index is 12.8. The molecule has 1 aliphatic rings. The summed E-state index contributed by atoms with van der Waals surface area (Å²) in [7, 11) is 0. The van der Waals surface area contributed by atoms with E-state index >= 15 is 0 Å². The van der Waals surface area contributed by atoms with E-state index in [0.29, 0.717) is 29.0 Å². The second-order valence-electron chi connectivity index (χ2n) is 6.26. The summed E-state index contributed by atoms with van der Waals surface area (Å²) in [4.78, 5) is 29.3. The molecule has 0 saturated carbocycles. The number of nitro groups is 1. The van der Waals surface area contributed by atoms with E-state index in [2.05, 4.69) is 4.99 Å². The zero-order valence-electron chi connectivity index (χ0n) is 16.1. The molecule has 1 atom stereocenters. The highest BCUT2D eigenvalue weighted by atomic mass is 32.2. The Hall–Kier alpha value is -3.07. The third kappa shape index (κ3) is 5.05. The normalized spacial score (nSPS) is 17.4. The van der Waals surface area contributed by atoms with Crippen LogP contribution in [0.25, 0.3) is 0 Å². The van der Waals surface area contributed by atoms with E-state index < -0.39 is 4.92 Å². The number of para-hydroxylation sites is 2. The van der Waals surface area contributed by atoms with Gasteiger partial charge in [-0.1, -0.05) is 23.9 Å². The van der Waals surface area contributed by atoms with Crippen molar-refractivity contribution in [1.82, 2.24) is 4.90 Å². The lowest BCUT2D eigenvalue weighted by Crippen LogP contribution is -2.40. The SMILES string of the molecule is CCOc1ccccc1N=C1SCC(C)N1C(=O)COc1ccc([N+](=O)[O-])cc1. The van der Waals surface area contributed by atoms with Gasteiger partial charge >= 0.3 is 0 Å². The van der Waals surface area contributed by atoms with Gasteiger partial charge in [0, 0.05) is 23.9 Å². The van der Waals surface area contributed by atoms with Crippen molar-refractivity contribution in [3.63, 3.8) is 0 Å². The Kier molecular flexibility index (Phi) is 6.71. The molecule has 1 amide bonds. The van der Waals surface area contributed by atoms with Crippen molar-refractivity contribution in [2.75, 3.05) is 19.0 Å². The minimum absolute atomic E-state index is 0.0223. The molecule has 8 nitrogen and oxygen atoms in total. The first kappa shape index (κ1) is 20.7. The molecule has 0 spiro atoms. The Morgan fingerprint density at radius 2 is 1.97 bits per heavy atom. The standard InChI is InChI=1S/C20H21N3O5S/c1-3-27-18-7-5-4-6-17(18)21-20-22(14(2)13-29-20)19(24)12-28-16-10-8-15(9-11-16)23(25)26/h4-11,14H,3,12-13H2,1-2H3. The maximum atomic E-state index is 12.8. The quantitative estimate of drug-likeness (QED) is 0.501. The molecule has 1 heterocycles. The van der Waals surface area contributed by atoms with Crippen LogP contribution in [-0.2, 0) is 4.79 Å². The number of carbonyl (C=O) groups excluding carboxylic acids is 1. The smallest absolute Gasteiger partial charge is 0.269 e. The zero-order chi connectivity index (χ0) is 20.8. The number of rotatable bonds is 7. The molecule has 2 aromatic carbocycles. The highest BCUT2D eigenvalue weighted by molar-refractivity contribution is 8.14. The summed E-state index contributed by atoms with van der Waals surface area (Å²) < 4.78 is 11.1. The Morgan fingerprint density at radius 3 is 2.66 bits per heavy atom. The average Bonchev–Trinajstić information content (AvgIpc) is 3.08. The number of nitrogens with zero attached hydrogens (tertiary/aromatic N) is 3. The minimum Gasteiger partial charge on any atom is -0.492 e. The number of amides is 1. The first-order valence-electron chi connectivity index (χ1n) is 9.12. The Bertz CT molecular complexity index is 917. The van der Waals surface area contributed by atoms with Gasteiger partial charge in [0.25, 0.3) is 11.6 Å². The molecule has 1 saturated heterocycles. The molecule has 0 aromatic heterocycles. The number of aliphatic imine (C=N–C) groups is 1. The molecule has 0 radical (unpaired) electrons. The van der Waals surface area contributed by atoms with Gasteiger partial charge in [-0.15, -0.1) is 0 Å². The summed E-state index contributed by atoms with van der Waals surface area (Å²) in [5.41, 5.74) is 0.635.